The number of hydrogen-bond donors (Lipinski definition) is 0. The summed E-state index contributed by atoms with van der Waals surface area (Å²) < 4.78 is 0. The Morgan fingerprint density at radius 1 is 1.29 bits per heavy atom. The van der Waals surface area contributed by atoms with Crippen LogP contribution in [0.25, 0.3) is 10.6 Å². The van der Waals surface area contributed by atoms with Crippen LogP contribution < -0.4 is 0 Å². The van der Waals surface area contributed by atoms with Crippen LogP contribution in [-0.4, -0.2) is 10.8 Å². The number of rotatable bonds is 4. The lowest BCUT2D eigenvalue weighted by molar-refractivity contribution is 0.101. The van der Waals surface area contributed by atoms with Gasteiger partial charge in [0.15, 0.2) is 5.78 Å². The van der Waals surface area contributed by atoms with E-state index in [-0.39, 0.29) is 5.78 Å². The van der Waals surface area contributed by atoms with E-state index in [1.807, 2.05) is 5.38 Å². The number of Topliss-reactive ketones (excluding diaryl/α,β-unsaturated/α-hetero) is 1. The summed E-state index contributed by atoms with van der Waals surface area (Å²) in [6.45, 7) is 3.72. The molecule has 0 N–H and O–H groups in total. The second-order valence-electron chi connectivity index (χ2n) is 4.04. The number of ketones is 1. The average Bonchev–Trinajstić information content (AvgIpc) is 2.80. The number of benzene rings is 1. The van der Waals surface area contributed by atoms with Crippen LogP contribution in [0, 0.1) is 0 Å². The van der Waals surface area contributed by atoms with Crippen LogP contribution in [0.2, 0.25) is 0 Å². The largest absolute Gasteiger partial charge is 0.293 e. The van der Waals surface area contributed by atoms with Crippen molar-refractivity contribution >= 4 is 17.1 Å². The maximum atomic E-state index is 11.2. The lowest BCUT2D eigenvalue weighted by atomic mass is 10.1. The molecular formula is C14H15NOS. The highest BCUT2D eigenvalue weighted by Crippen LogP contribution is 2.24. The Kier molecular flexibility index (Phi) is 3.69. The second kappa shape index (κ2) is 5.23. The Bertz CT molecular complexity index is 513. The summed E-state index contributed by atoms with van der Waals surface area (Å²) in [5, 5.41) is 2.73. The van der Waals surface area contributed by atoms with E-state index in [0.29, 0.717) is 5.69 Å². The number of nitrogens with zero attached hydrogens (tertiary/aromatic N) is 1. The Balaban J connectivity index is 2.23. The summed E-state index contributed by atoms with van der Waals surface area (Å²) in [5.74, 6) is 0.0232. The molecule has 2 aromatic rings. The molecule has 0 aliphatic rings. The molecule has 2 rings (SSSR count). The molecule has 0 radical (unpaired) electrons. The molecule has 1 aromatic carbocycles. The highest BCUT2D eigenvalue weighted by molar-refractivity contribution is 7.13. The maximum absolute atomic E-state index is 11.2. The van der Waals surface area contributed by atoms with Gasteiger partial charge in [-0.05, 0) is 12.0 Å². The predicted octanol–water partition coefficient (Wildman–Crippen LogP) is 3.97. The Morgan fingerprint density at radius 2 is 2.00 bits per heavy atom. The minimum absolute atomic E-state index is 0.0232. The van der Waals surface area contributed by atoms with Crippen molar-refractivity contribution in [3.8, 4) is 10.6 Å². The van der Waals surface area contributed by atoms with Gasteiger partial charge in [-0.1, -0.05) is 37.6 Å². The third kappa shape index (κ3) is 2.80. The van der Waals surface area contributed by atoms with Crippen LogP contribution in [0.1, 0.15) is 36.3 Å². The smallest absolute Gasteiger partial charge is 0.178 e. The van der Waals surface area contributed by atoms with Gasteiger partial charge in [-0.2, -0.15) is 0 Å². The van der Waals surface area contributed by atoms with Gasteiger partial charge < -0.3 is 0 Å². The van der Waals surface area contributed by atoms with Crippen LogP contribution in [0.15, 0.2) is 29.6 Å². The summed E-state index contributed by atoms with van der Waals surface area (Å²) >= 11 is 1.52. The van der Waals surface area contributed by atoms with Crippen molar-refractivity contribution in [3.05, 3.63) is 40.9 Å². The number of thiazole rings is 1. The molecule has 0 spiro atoms. The topological polar surface area (TPSA) is 30.0 Å². The first kappa shape index (κ1) is 12.0. The molecule has 0 aliphatic heterocycles. The van der Waals surface area contributed by atoms with Gasteiger partial charge in [0.25, 0.3) is 0 Å². The van der Waals surface area contributed by atoms with E-state index in [0.717, 1.165) is 23.4 Å². The molecule has 0 saturated carbocycles. The van der Waals surface area contributed by atoms with Crippen molar-refractivity contribution < 1.29 is 4.79 Å². The van der Waals surface area contributed by atoms with Gasteiger partial charge in [-0.25, -0.2) is 4.98 Å². The minimum atomic E-state index is 0.0232. The SMILES string of the molecule is CCCc1ccc(-c2nc(C(C)=O)cs2)cc1. The molecule has 0 unspecified atom stereocenters. The van der Waals surface area contributed by atoms with Crippen LogP contribution >= 0.6 is 11.3 Å². The molecule has 0 fully saturated rings. The van der Waals surface area contributed by atoms with Gasteiger partial charge in [0.05, 0.1) is 0 Å². The lowest BCUT2D eigenvalue weighted by Crippen LogP contribution is -1.91. The number of carbonyl (C=O) groups excluding carboxylic acids is 1. The van der Waals surface area contributed by atoms with Crippen molar-refractivity contribution in [3.63, 3.8) is 0 Å². The Labute approximate surface area is 105 Å². The van der Waals surface area contributed by atoms with Gasteiger partial charge in [0.2, 0.25) is 0 Å². The van der Waals surface area contributed by atoms with E-state index in [4.69, 9.17) is 0 Å². The molecule has 2 nitrogen and oxygen atoms in total. The summed E-state index contributed by atoms with van der Waals surface area (Å²) in [6, 6.07) is 8.42. The van der Waals surface area contributed by atoms with Gasteiger partial charge in [-0.3, -0.25) is 4.79 Å². The van der Waals surface area contributed by atoms with Gasteiger partial charge in [0, 0.05) is 17.9 Å². The molecule has 1 aromatic heterocycles. The first-order valence-electron chi connectivity index (χ1n) is 5.76. The zero-order chi connectivity index (χ0) is 12.3. The zero-order valence-electron chi connectivity index (χ0n) is 10.1. The molecule has 0 amide bonds. The molecule has 0 aliphatic carbocycles. The van der Waals surface area contributed by atoms with Gasteiger partial charge >= 0.3 is 0 Å². The molecule has 0 atom stereocenters. The van der Waals surface area contributed by atoms with E-state index in [2.05, 4.69) is 36.2 Å². The molecule has 88 valence electrons. The van der Waals surface area contributed by atoms with Crippen LogP contribution in [0.3, 0.4) is 0 Å². The molecule has 0 saturated heterocycles. The number of aromatic nitrogens is 1. The molecule has 17 heavy (non-hydrogen) atoms. The van der Waals surface area contributed by atoms with Crippen molar-refractivity contribution in [1.29, 1.82) is 0 Å². The summed E-state index contributed by atoms with van der Waals surface area (Å²) in [5.41, 5.74) is 2.99. The van der Waals surface area contributed by atoms with E-state index < -0.39 is 0 Å². The third-order valence-corrected chi connectivity index (χ3v) is 3.50. The average molecular weight is 245 g/mol. The van der Waals surface area contributed by atoms with Crippen LogP contribution in [0.5, 0.6) is 0 Å². The molecule has 0 bridgehead atoms. The number of aryl methyl sites for hydroxylation is 1. The van der Waals surface area contributed by atoms with Gasteiger partial charge in [-0.15, -0.1) is 11.3 Å². The van der Waals surface area contributed by atoms with E-state index in [1.165, 1.54) is 16.9 Å². The number of hydrogen-bond acceptors (Lipinski definition) is 3. The summed E-state index contributed by atoms with van der Waals surface area (Å²) in [4.78, 5) is 15.5. The molecule has 1 heterocycles. The third-order valence-electron chi connectivity index (χ3n) is 2.60. The van der Waals surface area contributed by atoms with Crippen molar-refractivity contribution in [1.82, 2.24) is 4.98 Å². The fourth-order valence-electron chi connectivity index (χ4n) is 1.67. The number of carbonyl (C=O) groups is 1. The standard InChI is InChI=1S/C14H15NOS/c1-3-4-11-5-7-12(8-6-11)14-15-13(9-17-14)10(2)16/h5-9H,3-4H2,1-2H3. The highest BCUT2D eigenvalue weighted by Gasteiger charge is 2.07. The van der Waals surface area contributed by atoms with Crippen LogP contribution in [0.4, 0.5) is 0 Å². The monoisotopic (exact) mass is 245 g/mol. The fraction of sp³-hybridized carbons (Fsp3) is 0.286. The first-order valence-corrected chi connectivity index (χ1v) is 6.64. The summed E-state index contributed by atoms with van der Waals surface area (Å²) in [6.07, 6.45) is 2.27. The molecule has 3 heteroatoms. The van der Waals surface area contributed by atoms with E-state index >= 15 is 0 Å². The fourth-order valence-corrected chi connectivity index (χ4v) is 2.54. The zero-order valence-corrected chi connectivity index (χ0v) is 10.9. The lowest BCUT2D eigenvalue weighted by Gasteiger charge is -2.00. The normalized spacial score (nSPS) is 10.5. The van der Waals surface area contributed by atoms with Crippen molar-refractivity contribution in [2.75, 3.05) is 0 Å². The Morgan fingerprint density at radius 3 is 2.53 bits per heavy atom. The van der Waals surface area contributed by atoms with E-state index in [1.54, 1.807) is 6.92 Å². The van der Waals surface area contributed by atoms with Crippen molar-refractivity contribution in [2.24, 2.45) is 0 Å². The molecular weight excluding hydrogens is 230 g/mol. The maximum Gasteiger partial charge on any atom is 0.178 e. The first-order chi connectivity index (χ1) is 8.20. The second-order valence-corrected chi connectivity index (χ2v) is 4.90. The highest BCUT2D eigenvalue weighted by atomic mass is 32.1. The Hall–Kier alpha value is -1.48. The minimum Gasteiger partial charge on any atom is -0.293 e. The van der Waals surface area contributed by atoms with Crippen molar-refractivity contribution in [2.45, 2.75) is 26.7 Å². The van der Waals surface area contributed by atoms with Gasteiger partial charge in [0.1, 0.15) is 10.7 Å². The van der Waals surface area contributed by atoms with E-state index in [9.17, 15) is 4.79 Å². The van der Waals surface area contributed by atoms with Crippen LogP contribution in [-0.2, 0) is 6.42 Å². The summed E-state index contributed by atoms with van der Waals surface area (Å²) in [7, 11) is 0. The quantitative estimate of drug-likeness (QED) is 0.763. The predicted molar refractivity (Wildman–Crippen MR) is 71.5 cm³/mol.